The second kappa shape index (κ2) is 9.39. The number of nitriles is 1. The number of carbonyl (C=O) groups excluding carboxylic acids is 2. The normalized spacial score (nSPS) is 22.4. The standard InChI is InChI=1S/C21H25F3N4O2S/c1-31-12-19(29)27-6-4-13(5-7-27)16-10-28(11-17(16)20(26)30)15-3-2-14(9-25)18(8-15)21(22,23)24/h2-3,8,13,16-17H,4-7,10-12H2,1H3,(H2,26,30)/t16-,17+/m0/s1. The third kappa shape index (κ3) is 5.09. The van der Waals surface area contributed by atoms with E-state index in [1.165, 1.54) is 23.9 Å². The summed E-state index contributed by atoms with van der Waals surface area (Å²) < 4.78 is 40.1. The fourth-order valence-electron chi connectivity index (χ4n) is 4.67. The van der Waals surface area contributed by atoms with Crippen LogP contribution < -0.4 is 10.6 Å². The highest BCUT2D eigenvalue weighted by Gasteiger charge is 2.43. The summed E-state index contributed by atoms with van der Waals surface area (Å²) in [7, 11) is 0. The Labute approximate surface area is 183 Å². The van der Waals surface area contributed by atoms with Crippen LogP contribution in [-0.2, 0) is 15.8 Å². The highest BCUT2D eigenvalue weighted by Crippen LogP contribution is 2.40. The van der Waals surface area contributed by atoms with Crippen molar-refractivity contribution in [2.45, 2.75) is 19.0 Å². The molecule has 3 rings (SSSR count). The number of amides is 2. The Morgan fingerprint density at radius 2 is 1.94 bits per heavy atom. The second-order valence-corrected chi connectivity index (χ2v) is 8.93. The van der Waals surface area contributed by atoms with Gasteiger partial charge in [-0.2, -0.15) is 30.2 Å². The fourth-order valence-corrected chi connectivity index (χ4v) is 5.10. The number of hydrogen-bond acceptors (Lipinski definition) is 5. The SMILES string of the molecule is CSCC(=O)N1CCC([C@@H]2CN(c3ccc(C#N)c(C(F)(F)F)c3)C[C@H]2C(N)=O)CC1. The molecule has 0 saturated carbocycles. The van der Waals surface area contributed by atoms with Crippen LogP contribution in [0, 0.1) is 29.1 Å². The first-order valence-electron chi connectivity index (χ1n) is 10.1. The summed E-state index contributed by atoms with van der Waals surface area (Å²) in [6, 6.07) is 5.21. The van der Waals surface area contributed by atoms with E-state index < -0.39 is 29.1 Å². The number of thioether (sulfide) groups is 1. The minimum Gasteiger partial charge on any atom is -0.370 e. The molecule has 0 unspecified atom stereocenters. The molecular formula is C21H25F3N4O2S. The zero-order valence-electron chi connectivity index (χ0n) is 17.2. The molecule has 31 heavy (non-hydrogen) atoms. The van der Waals surface area contributed by atoms with E-state index >= 15 is 0 Å². The number of nitrogens with two attached hydrogens (primary N) is 1. The van der Waals surface area contributed by atoms with E-state index in [4.69, 9.17) is 11.0 Å². The van der Waals surface area contributed by atoms with Gasteiger partial charge in [-0.25, -0.2) is 0 Å². The van der Waals surface area contributed by atoms with Gasteiger partial charge in [-0.1, -0.05) is 0 Å². The van der Waals surface area contributed by atoms with Gasteiger partial charge in [-0.15, -0.1) is 0 Å². The van der Waals surface area contributed by atoms with Gasteiger partial charge in [-0.05, 0) is 49.1 Å². The molecule has 1 aromatic carbocycles. The highest BCUT2D eigenvalue weighted by molar-refractivity contribution is 7.99. The molecule has 2 atom stereocenters. The molecule has 0 spiro atoms. The van der Waals surface area contributed by atoms with Crippen LogP contribution in [0.15, 0.2) is 18.2 Å². The Kier molecular flexibility index (Phi) is 7.04. The molecule has 0 aromatic heterocycles. The maximum absolute atomic E-state index is 13.4. The Balaban J connectivity index is 1.76. The summed E-state index contributed by atoms with van der Waals surface area (Å²) in [5.74, 6) is -0.308. The van der Waals surface area contributed by atoms with Crippen molar-refractivity contribution >= 4 is 29.3 Å². The van der Waals surface area contributed by atoms with Crippen LogP contribution in [0.5, 0.6) is 0 Å². The van der Waals surface area contributed by atoms with Crippen molar-refractivity contribution in [3.63, 3.8) is 0 Å². The van der Waals surface area contributed by atoms with Crippen LogP contribution in [0.2, 0.25) is 0 Å². The summed E-state index contributed by atoms with van der Waals surface area (Å²) in [6.07, 6.45) is -1.28. The Morgan fingerprint density at radius 3 is 2.48 bits per heavy atom. The number of piperidine rings is 1. The van der Waals surface area contributed by atoms with Gasteiger partial charge in [0.1, 0.15) is 0 Å². The minimum absolute atomic E-state index is 0.0831. The number of benzene rings is 1. The van der Waals surface area contributed by atoms with E-state index in [1.807, 2.05) is 11.2 Å². The first-order chi connectivity index (χ1) is 14.7. The fraction of sp³-hybridized carbons (Fsp3) is 0.571. The molecule has 10 heteroatoms. The molecule has 2 aliphatic heterocycles. The summed E-state index contributed by atoms with van der Waals surface area (Å²) in [5.41, 5.74) is 4.56. The highest BCUT2D eigenvalue weighted by atomic mass is 32.2. The third-order valence-electron chi connectivity index (χ3n) is 6.29. The maximum atomic E-state index is 13.4. The van der Waals surface area contributed by atoms with Gasteiger partial charge in [0, 0.05) is 31.9 Å². The molecule has 0 bridgehead atoms. The quantitative estimate of drug-likeness (QED) is 0.739. The van der Waals surface area contributed by atoms with Gasteiger partial charge in [0.25, 0.3) is 0 Å². The zero-order chi connectivity index (χ0) is 22.8. The molecule has 2 saturated heterocycles. The Morgan fingerprint density at radius 1 is 1.26 bits per heavy atom. The molecule has 1 aromatic rings. The summed E-state index contributed by atoms with van der Waals surface area (Å²) in [6.45, 7) is 1.89. The first kappa shape index (κ1) is 23.3. The van der Waals surface area contributed by atoms with Gasteiger partial charge in [0.05, 0.1) is 28.9 Å². The van der Waals surface area contributed by atoms with Crippen molar-refractivity contribution in [3.8, 4) is 6.07 Å². The number of carbonyl (C=O) groups is 2. The topological polar surface area (TPSA) is 90.4 Å². The predicted octanol–water partition coefficient (Wildman–Crippen LogP) is 2.72. The number of anilines is 1. The number of alkyl halides is 3. The minimum atomic E-state index is -4.64. The molecule has 168 valence electrons. The molecule has 2 N–H and O–H groups in total. The number of nitrogens with zero attached hydrogens (tertiary/aromatic N) is 3. The molecule has 2 amide bonds. The van der Waals surface area contributed by atoms with E-state index in [1.54, 1.807) is 11.0 Å². The number of hydrogen-bond donors (Lipinski definition) is 1. The zero-order valence-corrected chi connectivity index (χ0v) is 18.0. The van der Waals surface area contributed by atoms with Crippen LogP contribution in [0.1, 0.15) is 24.0 Å². The summed E-state index contributed by atoms with van der Waals surface area (Å²) >= 11 is 1.48. The lowest BCUT2D eigenvalue weighted by molar-refractivity contribution is -0.137. The molecule has 2 aliphatic rings. The van der Waals surface area contributed by atoms with Crippen LogP contribution in [0.25, 0.3) is 0 Å². The largest absolute Gasteiger partial charge is 0.417 e. The lowest BCUT2D eigenvalue weighted by Crippen LogP contribution is -2.43. The van der Waals surface area contributed by atoms with E-state index in [0.29, 0.717) is 31.1 Å². The van der Waals surface area contributed by atoms with E-state index in [-0.39, 0.29) is 24.3 Å². The number of likely N-dealkylation sites (tertiary alicyclic amines) is 1. The van der Waals surface area contributed by atoms with Crippen molar-refractivity contribution in [3.05, 3.63) is 29.3 Å². The van der Waals surface area contributed by atoms with Crippen molar-refractivity contribution in [1.29, 1.82) is 5.26 Å². The Hall–Kier alpha value is -2.41. The lowest BCUT2D eigenvalue weighted by atomic mass is 9.78. The average Bonchev–Trinajstić information content (AvgIpc) is 3.19. The van der Waals surface area contributed by atoms with Crippen molar-refractivity contribution in [2.75, 3.05) is 43.1 Å². The van der Waals surface area contributed by atoms with Gasteiger partial charge >= 0.3 is 6.18 Å². The monoisotopic (exact) mass is 454 g/mol. The predicted molar refractivity (Wildman–Crippen MR) is 112 cm³/mol. The van der Waals surface area contributed by atoms with Crippen molar-refractivity contribution in [1.82, 2.24) is 4.90 Å². The molecule has 6 nitrogen and oxygen atoms in total. The number of halogens is 3. The van der Waals surface area contributed by atoms with Gasteiger partial charge in [-0.3, -0.25) is 9.59 Å². The first-order valence-corrected chi connectivity index (χ1v) is 11.5. The van der Waals surface area contributed by atoms with Gasteiger partial charge < -0.3 is 15.5 Å². The maximum Gasteiger partial charge on any atom is 0.417 e. The average molecular weight is 455 g/mol. The van der Waals surface area contributed by atoms with E-state index in [9.17, 15) is 22.8 Å². The summed E-state index contributed by atoms with van der Waals surface area (Å²) in [4.78, 5) is 27.8. The van der Waals surface area contributed by atoms with Crippen LogP contribution >= 0.6 is 11.8 Å². The molecule has 2 heterocycles. The molecule has 2 fully saturated rings. The number of primary amides is 1. The Bertz CT molecular complexity index is 878. The molecule has 0 aliphatic carbocycles. The van der Waals surface area contributed by atoms with Crippen LogP contribution in [-0.4, -0.2) is 54.9 Å². The number of rotatable bonds is 5. The van der Waals surface area contributed by atoms with E-state index in [0.717, 1.165) is 18.9 Å². The van der Waals surface area contributed by atoms with Crippen molar-refractivity contribution in [2.24, 2.45) is 23.5 Å². The van der Waals surface area contributed by atoms with E-state index in [2.05, 4.69) is 0 Å². The molecule has 0 radical (unpaired) electrons. The van der Waals surface area contributed by atoms with Crippen molar-refractivity contribution < 1.29 is 22.8 Å². The summed E-state index contributed by atoms with van der Waals surface area (Å²) in [5, 5.41) is 9.01. The van der Waals surface area contributed by atoms with Crippen LogP contribution in [0.4, 0.5) is 18.9 Å². The second-order valence-electron chi connectivity index (χ2n) is 8.07. The smallest absolute Gasteiger partial charge is 0.370 e. The third-order valence-corrected chi connectivity index (χ3v) is 6.83. The molecular weight excluding hydrogens is 429 g/mol. The van der Waals surface area contributed by atoms with Gasteiger partial charge in [0.15, 0.2) is 0 Å². The van der Waals surface area contributed by atoms with Gasteiger partial charge in [0.2, 0.25) is 11.8 Å². The van der Waals surface area contributed by atoms with Crippen LogP contribution in [0.3, 0.4) is 0 Å². The lowest BCUT2D eigenvalue weighted by Gasteiger charge is -2.36.